The third-order valence-electron chi connectivity index (χ3n) is 2.63. The molecule has 0 saturated carbocycles. The minimum Gasteiger partial charge on any atom is -0.317 e. The summed E-state index contributed by atoms with van der Waals surface area (Å²) in [6.45, 7) is 4.04. The number of hydrogen-bond acceptors (Lipinski definition) is 2. The molecule has 17 heavy (non-hydrogen) atoms. The molecular weight excluding hydrogens is 217 g/mol. The molecule has 1 rings (SSSR count). The summed E-state index contributed by atoms with van der Waals surface area (Å²) >= 11 is 0. The lowest BCUT2D eigenvalue weighted by atomic mass is 10.1. The Morgan fingerprint density at radius 2 is 1.82 bits per heavy atom. The molecule has 1 N–H and O–H groups in total. The van der Waals surface area contributed by atoms with Crippen LogP contribution < -0.4 is 5.32 Å². The normalized spacial score (nSPS) is 10.5. The van der Waals surface area contributed by atoms with Crippen molar-refractivity contribution in [3.63, 3.8) is 0 Å². The van der Waals surface area contributed by atoms with Crippen LogP contribution >= 0.6 is 0 Å². The van der Waals surface area contributed by atoms with Crippen molar-refractivity contribution < 1.29 is 9.18 Å². The van der Waals surface area contributed by atoms with Crippen molar-refractivity contribution in [1.29, 1.82) is 0 Å². The maximum atomic E-state index is 12.7. The van der Waals surface area contributed by atoms with Crippen molar-refractivity contribution in [3.05, 3.63) is 35.6 Å². The van der Waals surface area contributed by atoms with Crippen molar-refractivity contribution in [2.24, 2.45) is 0 Å². The molecule has 1 aromatic rings. The highest BCUT2D eigenvalue weighted by molar-refractivity contribution is 5.95. The maximum absolute atomic E-state index is 12.7. The van der Waals surface area contributed by atoms with Crippen LogP contribution in [0.3, 0.4) is 0 Å². The van der Waals surface area contributed by atoms with Crippen LogP contribution in [0, 0.1) is 5.82 Å². The van der Waals surface area contributed by atoms with Crippen LogP contribution in [0.1, 0.15) is 43.0 Å². The maximum Gasteiger partial charge on any atom is 0.162 e. The molecule has 0 saturated heterocycles. The second-order valence-electron chi connectivity index (χ2n) is 4.14. The van der Waals surface area contributed by atoms with Gasteiger partial charge in [0.05, 0.1) is 0 Å². The molecule has 0 aliphatic rings. The second kappa shape index (κ2) is 7.96. The van der Waals surface area contributed by atoms with Crippen LogP contribution in [0.15, 0.2) is 24.3 Å². The summed E-state index contributed by atoms with van der Waals surface area (Å²) in [5, 5.41) is 3.29. The Balaban J connectivity index is 2.19. The summed E-state index contributed by atoms with van der Waals surface area (Å²) < 4.78 is 12.7. The quantitative estimate of drug-likeness (QED) is 0.556. The highest BCUT2D eigenvalue weighted by Gasteiger charge is 2.04. The van der Waals surface area contributed by atoms with Crippen molar-refractivity contribution in [1.82, 2.24) is 5.32 Å². The van der Waals surface area contributed by atoms with Crippen LogP contribution in [0.25, 0.3) is 0 Å². The molecule has 2 nitrogen and oxygen atoms in total. The van der Waals surface area contributed by atoms with E-state index in [9.17, 15) is 9.18 Å². The first-order valence-corrected chi connectivity index (χ1v) is 6.23. The molecule has 0 radical (unpaired) electrons. The SMILES string of the molecule is CCCCNCCCC(=O)c1ccc(F)cc1. The van der Waals surface area contributed by atoms with Gasteiger partial charge in [0.2, 0.25) is 0 Å². The summed E-state index contributed by atoms with van der Waals surface area (Å²) in [6, 6.07) is 5.74. The van der Waals surface area contributed by atoms with E-state index in [4.69, 9.17) is 0 Å². The highest BCUT2D eigenvalue weighted by atomic mass is 19.1. The Hall–Kier alpha value is -1.22. The first-order valence-electron chi connectivity index (χ1n) is 6.23. The van der Waals surface area contributed by atoms with E-state index >= 15 is 0 Å². The van der Waals surface area contributed by atoms with Gasteiger partial charge in [-0.1, -0.05) is 13.3 Å². The fourth-order valence-corrected chi connectivity index (χ4v) is 1.58. The topological polar surface area (TPSA) is 29.1 Å². The summed E-state index contributed by atoms with van der Waals surface area (Å²) in [5.41, 5.74) is 0.597. The van der Waals surface area contributed by atoms with Gasteiger partial charge in [-0.25, -0.2) is 4.39 Å². The molecule has 0 fully saturated rings. The third-order valence-corrected chi connectivity index (χ3v) is 2.63. The van der Waals surface area contributed by atoms with Crippen LogP contribution in [-0.4, -0.2) is 18.9 Å². The van der Waals surface area contributed by atoms with Gasteiger partial charge in [0.25, 0.3) is 0 Å². The smallest absolute Gasteiger partial charge is 0.162 e. The van der Waals surface area contributed by atoms with Gasteiger partial charge < -0.3 is 5.32 Å². The zero-order valence-corrected chi connectivity index (χ0v) is 10.3. The monoisotopic (exact) mass is 237 g/mol. The van der Waals surface area contributed by atoms with E-state index in [0.717, 1.165) is 19.5 Å². The average Bonchev–Trinajstić information content (AvgIpc) is 2.34. The number of ketones is 1. The van der Waals surface area contributed by atoms with Crippen LogP contribution in [0.2, 0.25) is 0 Å². The molecule has 0 aliphatic carbocycles. The Labute approximate surface area is 102 Å². The van der Waals surface area contributed by atoms with Gasteiger partial charge in [-0.05, 0) is 50.2 Å². The summed E-state index contributed by atoms with van der Waals surface area (Å²) in [6.07, 6.45) is 3.71. The number of unbranched alkanes of at least 4 members (excludes halogenated alkanes) is 1. The van der Waals surface area contributed by atoms with E-state index in [1.54, 1.807) is 12.1 Å². The number of hydrogen-bond donors (Lipinski definition) is 1. The zero-order chi connectivity index (χ0) is 12.5. The summed E-state index contributed by atoms with van der Waals surface area (Å²) in [4.78, 5) is 11.7. The van der Waals surface area contributed by atoms with Crippen LogP contribution in [0.5, 0.6) is 0 Å². The number of benzene rings is 1. The van der Waals surface area contributed by atoms with Gasteiger partial charge in [0.15, 0.2) is 5.78 Å². The standard InChI is InChI=1S/C14H20FNO/c1-2-3-10-16-11-4-5-14(17)12-6-8-13(15)9-7-12/h6-9,16H,2-5,10-11H2,1H3. The number of carbonyl (C=O) groups is 1. The van der Waals surface area contributed by atoms with E-state index in [0.29, 0.717) is 12.0 Å². The largest absolute Gasteiger partial charge is 0.317 e. The van der Waals surface area contributed by atoms with Gasteiger partial charge in [-0.15, -0.1) is 0 Å². The van der Waals surface area contributed by atoms with Crippen molar-refractivity contribution in [3.8, 4) is 0 Å². The lowest BCUT2D eigenvalue weighted by Gasteiger charge is -2.03. The molecule has 0 heterocycles. The fraction of sp³-hybridized carbons (Fsp3) is 0.500. The number of halogens is 1. The Morgan fingerprint density at radius 3 is 2.47 bits per heavy atom. The molecule has 1 aromatic carbocycles. The van der Waals surface area contributed by atoms with Crippen LogP contribution in [0.4, 0.5) is 4.39 Å². The Kier molecular flexibility index (Phi) is 6.48. The molecule has 3 heteroatoms. The lowest BCUT2D eigenvalue weighted by Crippen LogP contribution is -2.17. The number of carbonyl (C=O) groups excluding carboxylic acids is 1. The predicted molar refractivity (Wildman–Crippen MR) is 67.7 cm³/mol. The first-order chi connectivity index (χ1) is 8.24. The first kappa shape index (κ1) is 13.8. The molecule has 0 bridgehead atoms. The van der Waals surface area contributed by atoms with Crippen molar-refractivity contribution >= 4 is 5.78 Å². The molecular formula is C14H20FNO. The Bertz CT molecular complexity index is 335. The third kappa shape index (κ3) is 5.59. The van der Waals surface area contributed by atoms with E-state index in [-0.39, 0.29) is 11.6 Å². The molecule has 0 aliphatic heterocycles. The minimum absolute atomic E-state index is 0.0855. The average molecular weight is 237 g/mol. The predicted octanol–water partition coefficient (Wildman–Crippen LogP) is 3.18. The number of rotatable bonds is 8. The van der Waals surface area contributed by atoms with E-state index in [1.807, 2.05) is 0 Å². The van der Waals surface area contributed by atoms with Crippen LogP contribution in [-0.2, 0) is 0 Å². The summed E-state index contributed by atoms with van der Waals surface area (Å²) in [5.74, 6) is -0.218. The fourth-order valence-electron chi connectivity index (χ4n) is 1.58. The summed E-state index contributed by atoms with van der Waals surface area (Å²) in [7, 11) is 0. The number of nitrogens with one attached hydrogen (secondary N) is 1. The number of Topliss-reactive ketones (excluding diaryl/α,β-unsaturated/α-hetero) is 1. The van der Waals surface area contributed by atoms with E-state index in [2.05, 4.69) is 12.2 Å². The Morgan fingerprint density at radius 1 is 1.18 bits per heavy atom. The van der Waals surface area contributed by atoms with Gasteiger partial charge in [0.1, 0.15) is 5.82 Å². The molecule has 94 valence electrons. The van der Waals surface area contributed by atoms with Gasteiger partial charge >= 0.3 is 0 Å². The van der Waals surface area contributed by atoms with Gasteiger partial charge in [0, 0.05) is 12.0 Å². The van der Waals surface area contributed by atoms with E-state index < -0.39 is 0 Å². The van der Waals surface area contributed by atoms with Gasteiger partial charge in [-0.3, -0.25) is 4.79 Å². The molecule has 0 atom stereocenters. The highest BCUT2D eigenvalue weighted by Crippen LogP contribution is 2.06. The molecule has 0 spiro atoms. The van der Waals surface area contributed by atoms with Crippen molar-refractivity contribution in [2.45, 2.75) is 32.6 Å². The second-order valence-corrected chi connectivity index (χ2v) is 4.14. The molecule has 0 amide bonds. The van der Waals surface area contributed by atoms with Gasteiger partial charge in [-0.2, -0.15) is 0 Å². The minimum atomic E-state index is -0.303. The van der Waals surface area contributed by atoms with E-state index in [1.165, 1.54) is 25.0 Å². The van der Waals surface area contributed by atoms with Crippen molar-refractivity contribution in [2.75, 3.05) is 13.1 Å². The zero-order valence-electron chi connectivity index (χ0n) is 10.3. The molecule has 0 aromatic heterocycles. The molecule has 0 unspecified atom stereocenters. The lowest BCUT2D eigenvalue weighted by molar-refractivity contribution is 0.0980.